The maximum atomic E-state index is 6.13. The molecule has 3 rings (SSSR count). The lowest BCUT2D eigenvalue weighted by Gasteiger charge is -2.14. The SMILES string of the molecule is CSc1ccccc1Oc1cc(Cl)ccc1CNC1CC1. The third-order valence-corrected chi connectivity index (χ3v) is 4.49. The van der Waals surface area contributed by atoms with Crippen LogP contribution < -0.4 is 10.1 Å². The van der Waals surface area contributed by atoms with E-state index in [1.54, 1.807) is 11.8 Å². The maximum Gasteiger partial charge on any atom is 0.140 e. The molecule has 2 nitrogen and oxygen atoms in total. The molecule has 0 amide bonds. The molecular weight excluding hydrogens is 302 g/mol. The monoisotopic (exact) mass is 319 g/mol. The standard InChI is InChI=1S/C17H18ClNOS/c1-21-17-5-3-2-4-15(17)20-16-10-13(18)7-6-12(16)11-19-14-8-9-14/h2-7,10,14,19H,8-9,11H2,1H3. The molecule has 2 aromatic rings. The van der Waals surface area contributed by atoms with Gasteiger partial charge in [-0.1, -0.05) is 29.8 Å². The van der Waals surface area contributed by atoms with Gasteiger partial charge in [-0.15, -0.1) is 11.8 Å². The summed E-state index contributed by atoms with van der Waals surface area (Å²) in [4.78, 5) is 1.12. The molecule has 0 radical (unpaired) electrons. The molecule has 0 saturated heterocycles. The minimum absolute atomic E-state index is 0.673. The number of para-hydroxylation sites is 1. The number of rotatable bonds is 6. The Bertz CT molecular complexity index is 628. The molecule has 0 bridgehead atoms. The van der Waals surface area contributed by atoms with Gasteiger partial charge in [-0.25, -0.2) is 0 Å². The average molecular weight is 320 g/mol. The number of thioether (sulfide) groups is 1. The van der Waals surface area contributed by atoms with E-state index in [0.29, 0.717) is 11.1 Å². The van der Waals surface area contributed by atoms with Crippen LogP contribution in [0.15, 0.2) is 47.4 Å². The van der Waals surface area contributed by atoms with Crippen LogP contribution in [0.2, 0.25) is 5.02 Å². The molecule has 1 N–H and O–H groups in total. The Morgan fingerprint density at radius 3 is 2.76 bits per heavy atom. The highest BCUT2D eigenvalue weighted by molar-refractivity contribution is 7.98. The number of hydrogen-bond donors (Lipinski definition) is 1. The van der Waals surface area contributed by atoms with Gasteiger partial charge in [0.25, 0.3) is 0 Å². The third-order valence-electron chi connectivity index (χ3n) is 3.48. The van der Waals surface area contributed by atoms with Crippen molar-refractivity contribution >= 4 is 23.4 Å². The van der Waals surface area contributed by atoms with Crippen molar-refractivity contribution in [2.75, 3.05) is 6.26 Å². The van der Waals surface area contributed by atoms with Crippen molar-refractivity contribution in [1.29, 1.82) is 0 Å². The number of benzene rings is 2. The molecule has 21 heavy (non-hydrogen) atoms. The van der Waals surface area contributed by atoms with Gasteiger partial charge in [-0.3, -0.25) is 0 Å². The van der Waals surface area contributed by atoms with E-state index in [1.165, 1.54) is 12.8 Å². The number of hydrogen-bond acceptors (Lipinski definition) is 3. The first-order chi connectivity index (χ1) is 10.3. The fraction of sp³-hybridized carbons (Fsp3) is 0.294. The molecule has 1 saturated carbocycles. The van der Waals surface area contributed by atoms with Crippen LogP contribution in [0.1, 0.15) is 18.4 Å². The van der Waals surface area contributed by atoms with E-state index < -0.39 is 0 Å². The topological polar surface area (TPSA) is 21.3 Å². The second-order valence-electron chi connectivity index (χ2n) is 5.16. The molecule has 0 unspecified atom stereocenters. The van der Waals surface area contributed by atoms with Crippen LogP contribution in [-0.4, -0.2) is 12.3 Å². The first-order valence-electron chi connectivity index (χ1n) is 7.09. The second-order valence-corrected chi connectivity index (χ2v) is 6.44. The molecule has 110 valence electrons. The van der Waals surface area contributed by atoms with Gasteiger partial charge in [0.2, 0.25) is 0 Å². The zero-order valence-corrected chi connectivity index (χ0v) is 13.5. The van der Waals surface area contributed by atoms with Crippen molar-refractivity contribution in [2.45, 2.75) is 30.3 Å². The lowest BCUT2D eigenvalue weighted by molar-refractivity contribution is 0.462. The fourth-order valence-electron chi connectivity index (χ4n) is 2.13. The summed E-state index contributed by atoms with van der Waals surface area (Å²) in [5, 5.41) is 4.21. The molecule has 1 aliphatic rings. The normalized spacial score (nSPS) is 14.2. The van der Waals surface area contributed by atoms with Crippen LogP contribution in [0.3, 0.4) is 0 Å². The summed E-state index contributed by atoms with van der Waals surface area (Å²) in [6.07, 6.45) is 4.61. The highest BCUT2D eigenvalue weighted by atomic mass is 35.5. The van der Waals surface area contributed by atoms with Gasteiger partial charge >= 0.3 is 0 Å². The van der Waals surface area contributed by atoms with E-state index in [4.69, 9.17) is 16.3 Å². The minimum Gasteiger partial charge on any atom is -0.456 e. The first-order valence-corrected chi connectivity index (χ1v) is 8.69. The van der Waals surface area contributed by atoms with E-state index >= 15 is 0 Å². The summed E-state index contributed by atoms with van der Waals surface area (Å²) < 4.78 is 6.12. The Kier molecular flexibility index (Phi) is 4.73. The number of nitrogens with one attached hydrogen (secondary N) is 1. The molecule has 0 aromatic heterocycles. The van der Waals surface area contributed by atoms with Gasteiger partial charge in [0, 0.05) is 28.1 Å². The predicted molar refractivity (Wildman–Crippen MR) is 89.6 cm³/mol. The van der Waals surface area contributed by atoms with Gasteiger partial charge in [-0.2, -0.15) is 0 Å². The van der Waals surface area contributed by atoms with E-state index in [9.17, 15) is 0 Å². The third kappa shape index (κ3) is 3.94. The minimum atomic E-state index is 0.673. The molecule has 0 atom stereocenters. The van der Waals surface area contributed by atoms with Crippen LogP contribution in [0.4, 0.5) is 0 Å². The Labute approximate surface area is 134 Å². The molecule has 0 aliphatic heterocycles. The Hall–Kier alpha value is -1.16. The van der Waals surface area contributed by atoms with Crippen molar-refractivity contribution in [1.82, 2.24) is 5.32 Å². The highest BCUT2D eigenvalue weighted by Gasteiger charge is 2.20. The summed E-state index contributed by atoms with van der Waals surface area (Å²) in [6, 6.07) is 14.6. The van der Waals surface area contributed by atoms with Gasteiger partial charge in [0.05, 0.1) is 0 Å². The Balaban J connectivity index is 1.83. The summed E-state index contributed by atoms with van der Waals surface area (Å²) >= 11 is 7.81. The van der Waals surface area contributed by atoms with Crippen molar-refractivity contribution < 1.29 is 4.74 Å². The predicted octanol–water partition coefficient (Wildman–Crippen LogP) is 5.11. The molecule has 0 spiro atoms. The Morgan fingerprint density at radius 2 is 2.00 bits per heavy atom. The first kappa shape index (κ1) is 14.8. The maximum absolute atomic E-state index is 6.13. The average Bonchev–Trinajstić information content (AvgIpc) is 3.31. The van der Waals surface area contributed by atoms with E-state index in [1.807, 2.05) is 36.4 Å². The lowest BCUT2D eigenvalue weighted by Crippen LogP contribution is -2.15. The largest absolute Gasteiger partial charge is 0.456 e. The van der Waals surface area contributed by atoms with Gasteiger partial charge < -0.3 is 10.1 Å². The van der Waals surface area contributed by atoms with Crippen molar-refractivity contribution in [3.63, 3.8) is 0 Å². The van der Waals surface area contributed by atoms with Crippen molar-refractivity contribution in [3.8, 4) is 11.5 Å². The van der Waals surface area contributed by atoms with E-state index in [-0.39, 0.29) is 0 Å². The van der Waals surface area contributed by atoms with Crippen LogP contribution in [0, 0.1) is 0 Å². The van der Waals surface area contributed by atoms with Crippen LogP contribution in [-0.2, 0) is 6.54 Å². The number of halogens is 1. The van der Waals surface area contributed by atoms with E-state index in [0.717, 1.165) is 28.5 Å². The quantitative estimate of drug-likeness (QED) is 0.748. The highest BCUT2D eigenvalue weighted by Crippen LogP contribution is 2.34. The smallest absolute Gasteiger partial charge is 0.140 e. The fourth-order valence-corrected chi connectivity index (χ4v) is 2.82. The molecular formula is C17H18ClNOS. The van der Waals surface area contributed by atoms with Crippen molar-refractivity contribution in [2.24, 2.45) is 0 Å². The summed E-state index contributed by atoms with van der Waals surface area (Å²) in [7, 11) is 0. The van der Waals surface area contributed by atoms with Crippen LogP contribution >= 0.6 is 23.4 Å². The molecule has 1 fully saturated rings. The van der Waals surface area contributed by atoms with Crippen molar-refractivity contribution in [3.05, 3.63) is 53.1 Å². The molecule has 4 heteroatoms. The zero-order valence-electron chi connectivity index (χ0n) is 11.9. The van der Waals surface area contributed by atoms with Crippen LogP contribution in [0.5, 0.6) is 11.5 Å². The summed E-state index contributed by atoms with van der Waals surface area (Å²) in [5.41, 5.74) is 1.14. The van der Waals surface area contributed by atoms with E-state index in [2.05, 4.69) is 17.6 Å². The van der Waals surface area contributed by atoms with Crippen LogP contribution in [0.25, 0.3) is 0 Å². The summed E-state index contributed by atoms with van der Waals surface area (Å²) in [6.45, 7) is 0.818. The van der Waals surface area contributed by atoms with Gasteiger partial charge in [0.1, 0.15) is 11.5 Å². The van der Waals surface area contributed by atoms with Gasteiger partial charge in [-0.05, 0) is 43.4 Å². The zero-order chi connectivity index (χ0) is 14.7. The Morgan fingerprint density at radius 1 is 1.19 bits per heavy atom. The van der Waals surface area contributed by atoms with Gasteiger partial charge in [0.15, 0.2) is 0 Å². The molecule has 0 heterocycles. The number of ether oxygens (including phenoxy) is 1. The summed E-state index contributed by atoms with van der Waals surface area (Å²) in [5.74, 6) is 1.71. The lowest BCUT2D eigenvalue weighted by atomic mass is 10.2. The molecule has 2 aromatic carbocycles. The second kappa shape index (κ2) is 6.73. The molecule has 1 aliphatic carbocycles.